The van der Waals surface area contributed by atoms with Crippen molar-refractivity contribution in [2.45, 2.75) is 45.5 Å². The van der Waals surface area contributed by atoms with Crippen LogP contribution in [0.1, 0.15) is 43.3 Å². The number of rotatable bonds is 7. The van der Waals surface area contributed by atoms with E-state index in [0.717, 1.165) is 18.6 Å². The zero-order chi connectivity index (χ0) is 24.5. The summed E-state index contributed by atoms with van der Waals surface area (Å²) in [5, 5.41) is 3.89. The van der Waals surface area contributed by atoms with E-state index in [-0.39, 0.29) is 11.8 Å². The van der Waals surface area contributed by atoms with Crippen LogP contribution >= 0.6 is 0 Å². The summed E-state index contributed by atoms with van der Waals surface area (Å²) in [4.78, 5) is 9.02. The summed E-state index contributed by atoms with van der Waals surface area (Å²) in [5.41, 5.74) is 6.01. The Kier molecular flexibility index (Phi) is 6.70. The van der Waals surface area contributed by atoms with Crippen LogP contribution in [-0.4, -0.2) is 35.9 Å². The van der Waals surface area contributed by atoms with Crippen LogP contribution in [-0.2, 0) is 10.9 Å². The van der Waals surface area contributed by atoms with Crippen LogP contribution in [0.15, 0.2) is 30.3 Å². The van der Waals surface area contributed by atoms with Crippen molar-refractivity contribution in [3.05, 3.63) is 47.3 Å². The van der Waals surface area contributed by atoms with Crippen LogP contribution in [0.25, 0.3) is 10.9 Å². The van der Waals surface area contributed by atoms with E-state index in [0.29, 0.717) is 59.4 Å². The van der Waals surface area contributed by atoms with Gasteiger partial charge in [-0.3, -0.25) is 0 Å². The van der Waals surface area contributed by atoms with Gasteiger partial charge in [0.15, 0.2) is 11.5 Å². The van der Waals surface area contributed by atoms with Gasteiger partial charge in [0.25, 0.3) is 0 Å². The van der Waals surface area contributed by atoms with Gasteiger partial charge in [-0.2, -0.15) is 13.2 Å². The normalized spacial score (nSPS) is 17.1. The molecule has 10 heteroatoms. The molecule has 2 atom stereocenters. The Morgan fingerprint density at radius 2 is 1.97 bits per heavy atom. The second kappa shape index (κ2) is 9.54. The van der Waals surface area contributed by atoms with Crippen molar-refractivity contribution >= 4 is 22.4 Å². The number of anilines is 2. The highest BCUT2D eigenvalue weighted by atomic mass is 19.4. The average Bonchev–Trinajstić information content (AvgIpc) is 3.26. The number of fused-ring (bicyclic) bond motifs is 1. The molecule has 2 aromatic carbocycles. The molecule has 0 bridgehead atoms. The second-order valence-corrected chi connectivity index (χ2v) is 8.22. The van der Waals surface area contributed by atoms with E-state index in [4.69, 9.17) is 19.9 Å². The number of nitrogens with zero attached hydrogens (tertiary/aromatic N) is 2. The molecule has 0 saturated carbocycles. The molecule has 7 nitrogen and oxygen atoms in total. The van der Waals surface area contributed by atoms with Gasteiger partial charge in [-0.25, -0.2) is 9.97 Å². The number of aromatic nitrogens is 2. The summed E-state index contributed by atoms with van der Waals surface area (Å²) in [6.07, 6.45) is -3.81. The van der Waals surface area contributed by atoms with E-state index in [1.54, 1.807) is 26.0 Å². The van der Waals surface area contributed by atoms with Gasteiger partial charge in [0, 0.05) is 23.6 Å². The Balaban J connectivity index is 1.72. The number of alkyl halides is 3. The fourth-order valence-corrected chi connectivity index (χ4v) is 3.89. The summed E-state index contributed by atoms with van der Waals surface area (Å²) >= 11 is 0. The lowest BCUT2D eigenvalue weighted by atomic mass is 10.0. The number of hydrogen-bond donors (Lipinski definition) is 2. The molecule has 1 fully saturated rings. The van der Waals surface area contributed by atoms with Gasteiger partial charge in [0.05, 0.1) is 36.9 Å². The zero-order valence-corrected chi connectivity index (χ0v) is 19.2. The molecule has 0 amide bonds. The quantitative estimate of drug-likeness (QED) is 0.449. The number of ether oxygens (including phenoxy) is 3. The summed E-state index contributed by atoms with van der Waals surface area (Å²) in [6.45, 7) is 6.96. The standard InChI is InChI=1S/C24H27F3N4O3/c1-4-33-21-11-20-19(10-22(21)34-18-5-6-32-12-18)23(31-14(3)30-20)29-13(2)15-7-16(24(25,26)27)9-17(28)8-15/h7-11,13,18H,4-6,12,28H2,1-3H3,(H,29,30,31)/t13-,18+/m1/s1. The van der Waals surface area contributed by atoms with E-state index in [1.165, 1.54) is 6.07 Å². The third-order valence-electron chi connectivity index (χ3n) is 5.51. The van der Waals surface area contributed by atoms with Gasteiger partial charge >= 0.3 is 6.18 Å². The van der Waals surface area contributed by atoms with Crippen molar-refractivity contribution < 1.29 is 27.4 Å². The first-order valence-electron chi connectivity index (χ1n) is 11.1. The van der Waals surface area contributed by atoms with Crippen LogP contribution < -0.4 is 20.5 Å². The van der Waals surface area contributed by atoms with Crippen LogP contribution in [0, 0.1) is 6.92 Å². The third-order valence-corrected chi connectivity index (χ3v) is 5.51. The highest BCUT2D eigenvalue weighted by Crippen LogP contribution is 2.37. The molecule has 0 aliphatic carbocycles. The Bertz CT molecular complexity index is 1180. The number of aryl methyl sites for hydroxylation is 1. The fraction of sp³-hybridized carbons (Fsp3) is 0.417. The molecule has 3 aromatic rings. The highest BCUT2D eigenvalue weighted by Gasteiger charge is 2.31. The minimum atomic E-state index is -4.49. The second-order valence-electron chi connectivity index (χ2n) is 8.22. The maximum absolute atomic E-state index is 13.3. The first kappa shape index (κ1) is 23.9. The van der Waals surface area contributed by atoms with Crippen molar-refractivity contribution in [1.29, 1.82) is 0 Å². The lowest BCUT2D eigenvalue weighted by molar-refractivity contribution is -0.137. The number of benzene rings is 2. The first-order chi connectivity index (χ1) is 16.1. The third kappa shape index (κ3) is 5.27. The molecule has 0 radical (unpaired) electrons. The smallest absolute Gasteiger partial charge is 0.416 e. The highest BCUT2D eigenvalue weighted by molar-refractivity contribution is 5.92. The van der Waals surface area contributed by atoms with Crippen LogP contribution in [0.3, 0.4) is 0 Å². The predicted octanol–water partition coefficient (Wildman–Crippen LogP) is 5.28. The zero-order valence-electron chi connectivity index (χ0n) is 19.2. The van der Waals surface area contributed by atoms with Gasteiger partial charge in [-0.15, -0.1) is 0 Å². The average molecular weight is 476 g/mol. The van der Waals surface area contributed by atoms with Gasteiger partial charge in [-0.05, 0) is 50.6 Å². The lowest BCUT2D eigenvalue weighted by Gasteiger charge is -2.20. The Morgan fingerprint density at radius 1 is 1.18 bits per heavy atom. The number of halogens is 3. The van der Waals surface area contributed by atoms with Crippen LogP contribution in [0.4, 0.5) is 24.7 Å². The van der Waals surface area contributed by atoms with Crippen molar-refractivity contribution in [1.82, 2.24) is 9.97 Å². The lowest BCUT2D eigenvalue weighted by Crippen LogP contribution is -2.16. The van der Waals surface area contributed by atoms with Gasteiger partial charge in [-0.1, -0.05) is 0 Å². The molecule has 4 rings (SSSR count). The summed E-state index contributed by atoms with van der Waals surface area (Å²) < 4.78 is 57.2. The molecule has 0 unspecified atom stereocenters. The number of nitrogens with two attached hydrogens (primary N) is 1. The van der Waals surface area contributed by atoms with Crippen molar-refractivity contribution in [3.63, 3.8) is 0 Å². The molecule has 0 spiro atoms. The Hall–Kier alpha value is -3.27. The molecule has 3 N–H and O–H groups in total. The van der Waals surface area contributed by atoms with Crippen LogP contribution in [0.5, 0.6) is 11.5 Å². The first-order valence-corrected chi connectivity index (χ1v) is 11.1. The Morgan fingerprint density at radius 3 is 2.65 bits per heavy atom. The van der Waals surface area contributed by atoms with Crippen molar-refractivity contribution in [2.75, 3.05) is 30.9 Å². The Labute approximate surface area is 195 Å². The summed E-state index contributed by atoms with van der Waals surface area (Å²) in [7, 11) is 0. The molecule has 1 aliphatic heterocycles. The molecular weight excluding hydrogens is 449 g/mol. The fourth-order valence-electron chi connectivity index (χ4n) is 3.89. The van der Waals surface area contributed by atoms with E-state index in [2.05, 4.69) is 15.3 Å². The van der Waals surface area contributed by atoms with E-state index in [9.17, 15) is 13.2 Å². The van der Waals surface area contributed by atoms with Gasteiger partial charge in [0.1, 0.15) is 17.7 Å². The summed E-state index contributed by atoms with van der Waals surface area (Å²) in [5.74, 6) is 2.08. The molecule has 1 aromatic heterocycles. The monoisotopic (exact) mass is 476 g/mol. The van der Waals surface area contributed by atoms with E-state index < -0.39 is 17.8 Å². The minimum absolute atomic E-state index is 0.0398. The maximum Gasteiger partial charge on any atom is 0.416 e. The molecular formula is C24H27F3N4O3. The van der Waals surface area contributed by atoms with Gasteiger partial charge < -0.3 is 25.3 Å². The molecule has 34 heavy (non-hydrogen) atoms. The van der Waals surface area contributed by atoms with Crippen molar-refractivity contribution in [2.24, 2.45) is 0 Å². The minimum Gasteiger partial charge on any atom is -0.490 e. The molecule has 1 aliphatic rings. The van der Waals surface area contributed by atoms with Crippen molar-refractivity contribution in [3.8, 4) is 11.5 Å². The SMILES string of the molecule is CCOc1cc2nc(C)nc(N[C@H](C)c3cc(N)cc(C(F)(F)F)c3)c2cc1O[C@H]1CCOC1. The predicted molar refractivity (Wildman–Crippen MR) is 123 cm³/mol. The maximum atomic E-state index is 13.3. The topological polar surface area (TPSA) is 91.5 Å². The van der Waals surface area contributed by atoms with Crippen LogP contribution in [0.2, 0.25) is 0 Å². The largest absolute Gasteiger partial charge is 0.490 e. The van der Waals surface area contributed by atoms with Gasteiger partial charge in [0.2, 0.25) is 0 Å². The summed E-state index contributed by atoms with van der Waals surface area (Å²) in [6, 6.07) is 6.61. The molecule has 182 valence electrons. The molecule has 2 heterocycles. The van der Waals surface area contributed by atoms with E-state index >= 15 is 0 Å². The number of nitrogen functional groups attached to an aromatic ring is 1. The molecule has 1 saturated heterocycles. The van der Waals surface area contributed by atoms with E-state index in [1.807, 2.05) is 6.92 Å². The number of nitrogens with one attached hydrogen (secondary N) is 1. The number of hydrogen-bond acceptors (Lipinski definition) is 7.